The van der Waals surface area contributed by atoms with Gasteiger partial charge < -0.3 is 18.8 Å². The highest BCUT2D eigenvalue weighted by Crippen LogP contribution is 2.27. The molecule has 0 N–H and O–H groups in total. The molecule has 216 valence electrons. The van der Waals surface area contributed by atoms with Crippen molar-refractivity contribution in [1.29, 1.82) is 0 Å². The highest BCUT2D eigenvalue weighted by molar-refractivity contribution is 6.16. The van der Waals surface area contributed by atoms with E-state index in [9.17, 15) is 9.59 Å². The molecular weight excluding hydrogens is 514 g/mol. The molecule has 0 bridgehead atoms. The summed E-state index contributed by atoms with van der Waals surface area (Å²) < 4.78 is 19.2. The fraction of sp³-hybridized carbons (Fsp3) is 0.371. The Morgan fingerprint density at radius 3 is 2.29 bits per heavy atom. The number of aromatic nitrogens is 1. The van der Waals surface area contributed by atoms with E-state index in [1.54, 1.807) is 6.92 Å². The number of aryl methyl sites for hydroxylation is 1. The standard InChI is InChI=1S/C35H41NO5/c1-5-39-24-33(27-15-13-26(14-16-27)22-25(3)4)41-29-19-17-28(18-20-29)35(38)31-23-36(21-9-12-34(37)40-6-2)32-11-8-7-10-30(31)32/h7-8,10-11,13-20,23,25,33H,5-6,9,12,21-22,24H2,1-4H3. The van der Waals surface area contributed by atoms with Crippen LogP contribution >= 0.6 is 0 Å². The lowest BCUT2D eigenvalue weighted by Crippen LogP contribution is -2.15. The third kappa shape index (κ3) is 8.08. The molecule has 0 saturated carbocycles. The first-order valence-electron chi connectivity index (χ1n) is 14.6. The fourth-order valence-electron chi connectivity index (χ4n) is 5.01. The van der Waals surface area contributed by atoms with Crippen LogP contribution in [-0.2, 0) is 27.2 Å². The summed E-state index contributed by atoms with van der Waals surface area (Å²) in [4.78, 5) is 25.4. The van der Waals surface area contributed by atoms with Crippen LogP contribution in [0.2, 0.25) is 0 Å². The Hall–Kier alpha value is -3.90. The molecule has 0 aliphatic rings. The summed E-state index contributed by atoms with van der Waals surface area (Å²) in [5, 5.41) is 0.895. The Labute approximate surface area is 243 Å². The van der Waals surface area contributed by atoms with Gasteiger partial charge in [0.2, 0.25) is 0 Å². The van der Waals surface area contributed by atoms with Gasteiger partial charge in [-0.2, -0.15) is 0 Å². The van der Waals surface area contributed by atoms with Gasteiger partial charge in [-0.05, 0) is 74.1 Å². The lowest BCUT2D eigenvalue weighted by Gasteiger charge is -2.20. The maximum Gasteiger partial charge on any atom is 0.305 e. The van der Waals surface area contributed by atoms with Crippen LogP contribution in [0.4, 0.5) is 0 Å². The summed E-state index contributed by atoms with van der Waals surface area (Å²) in [5.74, 6) is 1.03. The second kappa shape index (κ2) is 14.6. The number of ether oxygens (including phenoxy) is 3. The summed E-state index contributed by atoms with van der Waals surface area (Å²) in [6.07, 6.45) is 3.66. The van der Waals surface area contributed by atoms with Crippen LogP contribution in [0, 0.1) is 5.92 Å². The van der Waals surface area contributed by atoms with Crippen molar-refractivity contribution in [3.63, 3.8) is 0 Å². The summed E-state index contributed by atoms with van der Waals surface area (Å²) >= 11 is 0. The normalized spacial score (nSPS) is 12.0. The number of nitrogens with zero attached hydrogens (tertiary/aromatic N) is 1. The molecule has 0 aliphatic heterocycles. The minimum Gasteiger partial charge on any atom is -0.483 e. The van der Waals surface area contributed by atoms with Crippen LogP contribution in [0.5, 0.6) is 5.75 Å². The molecule has 6 heteroatoms. The number of para-hydroxylation sites is 1. The second-order valence-corrected chi connectivity index (χ2v) is 10.6. The van der Waals surface area contributed by atoms with Crippen molar-refractivity contribution in [3.8, 4) is 5.75 Å². The van der Waals surface area contributed by atoms with Crippen LogP contribution in [0.1, 0.15) is 73.7 Å². The van der Waals surface area contributed by atoms with Crippen molar-refractivity contribution in [2.45, 2.75) is 59.6 Å². The highest BCUT2D eigenvalue weighted by atomic mass is 16.5. The highest BCUT2D eigenvalue weighted by Gasteiger charge is 2.18. The maximum atomic E-state index is 13.6. The largest absolute Gasteiger partial charge is 0.483 e. The van der Waals surface area contributed by atoms with Crippen LogP contribution in [0.3, 0.4) is 0 Å². The quantitative estimate of drug-likeness (QED) is 0.112. The van der Waals surface area contributed by atoms with Gasteiger partial charge in [0.1, 0.15) is 11.9 Å². The van der Waals surface area contributed by atoms with Crippen LogP contribution in [0.15, 0.2) is 79.0 Å². The van der Waals surface area contributed by atoms with E-state index in [1.165, 1.54) is 5.56 Å². The monoisotopic (exact) mass is 555 g/mol. The van der Waals surface area contributed by atoms with Crippen molar-refractivity contribution >= 4 is 22.7 Å². The molecule has 4 aromatic rings. The van der Waals surface area contributed by atoms with Crippen molar-refractivity contribution in [3.05, 3.63) is 101 Å². The molecular formula is C35H41NO5. The summed E-state index contributed by atoms with van der Waals surface area (Å²) in [6, 6.07) is 23.7. The van der Waals surface area contributed by atoms with Crippen molar-refractivity contribution in [2.24, 2.45) is 5.92 Å². The van der Waals surface area contributed by atoms with E-state index >= 15 is 0 Å². The molecule has 41 heavy (non-hydrogen) atoms. The van der Waals surface area contributed by atoms with Crippen molar-refractivity contribution < 1.29 is 23.8 Å². The number of ketones is 1. The molecule has 3 aromatic carbocycles. The van der Waals surface area contributed by atoms with Gasteiger partial charge in [0.15, 0.2) is 5.78 Å². The zero-order valence-electron chi connectivity index (χ0n) is 24.6. The molecule has 1 unspecified atom stereocenters. The van der Waals surface area contributed by atoms with E-state index in [4.69, 9.17) is 14.2 Å². The Balaban J connectivity index is 1.48. The number of carbonyl (C=O) groups is 2. The van der Waals surface area contributed by atoms with E-state index < -0.39 is 0 Å². The minimum atomic E-state index is -0.253. The Bertz CT molecular complexity index is 1420. The topological polar surface area (TPSA) is 66.8 Å². The van der Waals surface area contributed by atoms with Gasteiger partial charge in [0.05, 0.1) is 13.2 Å². The smallest absolute Gasteiger partial charge is 0.305 e. The summed E-state index contributed by atoms with van der Waals surface area (Å²) in [7, 11) is 0. The molecule has 1 aromatic heterocycles. The zero-order chi connectivity index (χ0) is 29.2. The molecule has 1 heterocycles. The number of fused-ring (bicyclic) bond motifs is 1. The lowest BCUT2D eigenvalue weighted by atomic mass is 10.0. The second-order valence-electron chi connectivity index (χ2n) is 10.6. The number of rotatable bonds is 15. The molecule has 0 aliphatic carbocycles. The molecule has 0 amide bonds. The molecule has 0 spiro atoms. The van der Waals surface area contributed by atoms with Crippen molar-refractivity contribution in [2.75, 3.05) is 19.8 Å². The van der Waals surface area contributed by atoms with Gasteiger partial charge >= 0.3 is 5.97 Å². The van der Waals surface area contributed by atoms with E-state index in [0.717, 1.165) is 22.9 Å². The van der Waals surface area contributed by atoms with Gasteiger partial charge in [-0.25, -0.2) is 0 Å². The number of carbonyl (C=O) groups excluding carboxylic acids is 2. The Morgan fingerprint density at radius 2 is 1.61 bits per heavy atom. The number of hydrogen-bond acceptors (Lipinski definition) is 5. The van der Waals surface area contributed by atoms with Crippen LogP contribution in [-0.4, -0.2) is 36.1 Å². The molecule has 0 fully saturated rings. The van der Waals surface area contributed by atoms with Gasteiger partial charge in [-0.1, -0.05) is 56.3 Å². The van der Waals surface area contributed by atoms with Gasteiger partial charge in [-0.15, -0.1) is 0 Å². The van der Waals surface area contributed by atoms with Crippen molar-refractivity contribution in [1.82, 2.24) is 4.57 Å². The third-order valence-corrected chi connectivity index (χ3v) is 6.98. The fourth-order valence-corrected chi connectivity index (χ4v) is 5.01. The summed E-state index contributed by atoms with van der Waals surface area (Å²) in [5.41, 5.74) is 4.56. The number of esters is 1. The van der Waals surface area contributed by atoms with E-state index in [0.29, 0.717) is 62.0 Å². The number of benzene rings is 3. The molecule has 0 saturated heterocycles. The first-order valence-corrected chi connectivity index (χ1v) is 14.6. The van der Waals surface area contributed by atoms with Crippen LogP contribution in [0.25, 0.3) is 10.9 Å². The minimum absolute atomic E-state index is 0.0523. The first-order chi connectivity index (χ1) is 19.9. The van der Waals surface area contributed by atoms with E-state index in [-0.39, 0.29) is 17.9 Å². The third-order valence-electron chi connectivity index (χ3n) is 6.98. The van der Waals surface area contributed by atoms with Gasteiger partial charge in [-0.3, -0.25) is 9.59 Å². The lowest BCUT2D eigenvalue weighted by molar-refractivity contribution is -0.143. The zero-order valence-corrected chi connectivity index (χ0v) is 24.6. The molecule has 6 nitrogen and oxygen atoms in total. The predicted octanol–water partition coefficient (Wildman–Crippen LogP) is 7.57. The predicted molar refractivity (Wildman–Crippen MR) is 163 cm³/mol. The van der Waals surface area contributed by atoms with E-state index in [1.807, 2.05) is 66.2 Å². The molecule has 4 rings (SSSR count). The number of hydrogen-bond donors (Lipinski definition) is 0. The SMILES string of the molecule is CCOCC(Oc1ccc(C(=O)c2cn(CCCC(=O)OCC)c3ccccc23)cc1)c1ccc(CC(C)C)cc1. The molecule has 0 radical (unpaired) electrons. The average molecular weight is 556 g/mol. The Morgan fingerprint density at radius 1 is 0.878 bits per heavy atom. The average Bonchev–Trinajstić information content (AvgIpc) is 3.34. The molecule has 1 atom stereocenters. The van der Waals surface area contributed by atoms with Gasteiger partial charge in [0, 0.05) is 47.8 Å². The maximum absolute atomic E-state index is 13.6. The van der Waals surface area contributed by atoms with E-state index in [2.05, 4.69) is 38.1 Å². The first kappa shape index (κ1) is 30.1. The van der Waals surface area contributed by atoms with Crippen LogP contribution < -0.4 is 4.74 Å². The van der Waals surface area contributed by atoms with Gasteiger partial charge in [0.25, 0.3) is 0 Å². The Kier molecular flexibility index (Phi) is 10.7. The summed E-state index contributed by atoms with van der Waals surface area (Å²) in [6.45, 7) is 10.3.